The minimum Gasteiger partial charge on any atom is -0.449 e. The first-order chi connectivity index (χ1) is 9.87. The Morgan fingerprint density at radius 3 is 2.71 bits per heavy atom. The van der Waals surface area contributed by atoms with Crippen LogP contribution in [0.15, 0.2) is 24.3 Å². The van der Waals surface area contributed by atoms with E-state index in [2.05, 4.69) is 0 Å². The molecule has 0 aromatic heterocycles. The molecule has 6 nitrogen and oxygen atoms in total. The number of hydrogen-bond acceptors (Lipinski definition) is 4. The average molecular weight is 310 g/mol. The molecule has 0 saturated carbocycles. The van der Waals surface area contributed by atoms with Gasteiger partial charge in [0.2, 0.25) is 0 Å². The number of ether oxygens (including phenoxy) is 1. The molecule has 1 aromatic rings. The summed E-state index contributed by atoms with van der Waals surface area (Å²) < 4.78 is 32.8. The molecule has 1 atom stereocenters. The lowest BCUT2D eigenvalue weighted by Gasteiger charge is -2.39. The van der Waals surface area contributed by atoms with Gasteiger partial charge in [-0.15, -0.1) is 0 Å². The SMILES string of the molecule is CN(C)S(=O)(=O)N1CCCC2(C1)OC(=O)c1ccccc12. The zero-order valence-corrected chi connectivity index (χ0v) is 12.9. The number of carbonyl (C=O) groups is 1. The van der Waals surface area contributed by atoms with Gasteiger partial charge in [-0.25, -0.2) is 4.79 Å². The second-order valence-corrected chi connectivity index (χ2v) is 7.80. The molecule has 21 heavy (non-hydrogen) atoms. The van der Waals surface area contributed by atoms with Crippen LogP contribution in [-0.2, 0) is 20.5 Å². The fraction of sp³-hybridized carbons (Fsp3) is 0.500. The number of hydrogen-bond donors (Lipinski definition) is 0. The highest BCUT2D eigenvalue weighted by Gasteiger charge is 2.50. The number of nitrogens with zero attached hydrogens (tertiary/aromatic N) is 2. The predicted molar refractivity (Wildman–Crippen MR) is 76.9 cm³/mol. The quantitative estimate of drug-likeness (QED) is 0.763. The molecule has 1 aromatic carbocycles. The fourth-order valence-corrected chi connectivity index (χ4v) is 4.25. The molecule has 7 heteroatoms. The third kappa shape index (κ3) is 2.16. The van der Waals surface area contributed by atoms with Crippen LogP contribution >= 0.6 is 0 Å². The van der Waals surface area contributed by atoms with Gasteiger partial charge < -0.3 is 4.74 Å². The predicted octanol–water partition coefficient (Wildman–Crippen LogP) is 0.954. The Kier molecular flexibility index (Phi) is 3.31. The molecule has 1 spiro atoms. The van der Waals surface area contributed by atoms with Gasteiger partial charge in [0.05, 0.1) is 12.1 Å². The van der Waals surface area contributed by atoms with Gasteiger partial charge in [-0.3, -0.25) is 0 Å². The van der Waals surface area contributed by atoms with E-state index in [1.165, 1.54) is 22.7 Å². The summed E-state index contributed by atoms with van der Waals surface area (Å²) in [6.07, 6.45) is 1.31. The zero-order valence-electron chi connectivity index (χ0n) is 12.1. The third-order valence-electron chi connectivity index (χ3n) is 4.13. The van der Waals surface area contributed by atoms with Crippen molar-refractivity contribution in [2.75, 3.05) is 27.2 Å². The topological polar surface area (TPSA) is 66.9 Å². The monoisotopic (exact) mass is 310 g/mol. The van der Waals surface area contributed by atoms with E-state index < -0.39 is 15.8 Å². The van der Waals surface area contributed by atoms with Crippen molar-refractivity contribution in [3.05, 3.63) is 35.4 Å². The number of benzene rings is 1. The Morgan fingerprint density at radius 1 is 1.29 bits per heavy atom. The second kappa shape index (κ2) is 4.79. The summed E-state index contributed by atoms with van der Waals surface area (Å²) in [5.74, 6) is -0.366. The maximum atomic E-state index is 12.3. The van der Waals surface area contributed by atoms with Crippen molar-refractivity contribution in [2.24, 2.45) is 0 Å². The molecule has 114 valence electrons. The molecular weight excluding hydrogens is 292 g/mol. The summed E-state index contributed by atoms with van der Waals surface area (Å²) in [6, 6.07) is 7.22. The lowest BCUT2D eigenvalue weighted by Crippen LogP contribution is -2.51. The molecule has 3 rings (SSSR count). The van der Waals surface area contributed by atoms with E-state index in [0.29, 0.717) is 24.9 Å². The molecule has 0 N–H and O–H groups in total. The van der Waals surface area contributed by atoms with Gasteiger partial charge >= 0.3 is 5.97 Å². The van der Waals surface area contributed by atoms with Gasteiger partial charge in [0.15, 0.2) is 5.60 Å². The largest absolute Gasteiger partial charge is 0.449 e. The lowest BCUT2D eigenvalue weighted by atomic mass is 9.86. The number of fused-ring (bicyclic) bond motifs is 2. The Balaban J connectivity index is 2.00. The van der Waals surface area contributed by atoms with E-state index in [9.17, 15) is 13.2 Å². The number of esters is 1. The van der Waals surface area contributed by atoms with Crippen molar-refractivity contribution < 1.29 is 17.9 Å². The van der Waals surface area contributed by atoms with Crippen molar-refractivity contribution in [3.8, 4) is 0 Å². The van der Waals surface area contributed by atoms with E-state index in [0.717, 1.165) is 5.56 Å². The van der Waals surface area contributed by atoms with Gasteiger partial charge in [-0.1, -0.05) is 18.2 Å². The molecule has 0 aliphatic carbocycles. The Hall–Kier alpha value is -1.44. The molecule has 0 bridgehead atoms. The van der Waals surface area contributed by atoms with Gasteiger partial charge in [0.1, 0.15) is 0 Å². The summed E-state index contributed by atoms with van der Waals surface area (Å²) in [5.41, 5.74) is 0.505. The first-order valence-electron chi connectivity index (χ1n) is 6.87. The van der Waals surface area contributed by atoms with E-state index in [-0.39, 0.29) is 12.5 Å². The highest BCUT2D eigenvalue weighted by molar-refractivity contribution is 7.86. The highest BCUT2D eigenvalue weighted by Crippen LogP contribution is 2.43. The average Bonchev–Trinajstić information content (AvgIpc) is 2.72. The minimum atomic E-state index is -3.51. The van der Waals surface area contributed by atoms with E-state index in [1.54, 1.807) is 12.1 Å². The van der Waals surface area contributed by atoms with Crippen molar-refractivity contribution in [3.63, 3.8) is 0 Å². The summed E-state index contributed by atoms with van der Waals surface area (Å²) in [6.45, 7) is 0.623. The fourth-order valence-electron chi connectivity index (χ4n) is 3.06. The maximum Gasteiger partial charge on any atom is 0.339 e. The molecule has 0 amide bonds. The van der Waals surface area contributed by atoms with Crippen LogP contribution in [0.1, 0.15) is 28.8 Å². The van der Waals surface area contributed by atoms with Crippen molar-refractivity contribution in [2.45, 2.75) is 18.4 Å². The van der Waals surface area contributed by atoms with Crippen molar-refractivity contribution in [1.82, 2.24) is 8.61 Å². The number of piperidine rings is 1. The van der Waals surface area contributed by atoms with Crippen molar-refractivity contribution in [1.29, 1.82) is 0 Å². The van der Waals surface area contributed by atoms with Gasteiger partial charge in [0.25, 0.3) is 10.2 Å². The van der Waals surface area contributed by atoms with E-state index in [1.807, 2.05) is 12.1 Å². The van der Waals surface area contributed by atoms with E-state index in [4.69, 9.17) is 4.74 Å². The van der Waals surface area contributed by atoms with Crippen LogP contribution in [0.5, 0.6) is 0 Å². The smallest absolute Gasteiger partial charge is 0.339 e. The van der Waals surface area contributed by atoms with Gasteiger partial charge in [0, 0.05) is 26.2 Å². The third-order valence-corrected chi connectivity index (χ3v) is 6.02. The summed E-state index contributed by atoms with van der Waals surface area (Å²) in [4.78, 5) is 12.0. The zero-order chi connectivity index (χ0) is 15.3. The molecule has 2 heterocycles. The van der Waals surface area contributed by atoms with Crippen molar-refractivity contribution >= 4 is 16.2 Å². The summed E-state index contributed by atoms with van der Waals surface area (Å²) >= 11 is 0. The molecule has 1 unspecified atom stereocenters. The Labute approximate surface area is 124 Å². The van der Waals surface area contributed by atoms with E-state index >= 15 is 0 Å². The summed E-state index contributed by atoms with van der Waals surface area (Å²) in [5, 5.41) is 0. The van der Waals surface area contributed by atoms with Crippen LogP contribution in [0.4, 0.5) is 0 Å². The molecule has 2 aliphatic rings. The standard InChI is InChI=1S/C14H18N2O4S/c1-15(2)21(18,19)16-9-5-8-14(10-16)12-7-4-3-6-11(12)13(17)20-14/h3-4,6-7H,5,8-10H2,1-2H3. The second-order valence-electron chi connectivity index (χ2n) is 5.66. The van der Waals surface area contributed by atoms with Crippen LogP contribution < -0.4 is 0 Å². The highest BCUT2D eigenvalue weighted by atomic mass is 32.2. The van der Waals surface area contributed by atoms with Crippen LogP contribution in [-0.4, -0.2) is 50.2 Å². The first-order valence-corrected chi connectivity index (χ1v) is 8.27. The molecule has 1 saturated heterocycles. The molecular formula is C14H18N2O4S. The molecule has 2 aliphatic heterocycles. The Bertz CT molecular complexity index is 686. The Morgan fingerprint density at radius 2 is 2.00 bits per heavy atom. The first kappa shape index (κ1) is 14.5. The normalized spacial score (nSPS) is 26.1. The summed E-state index contributed by atoms with van der Waals surface area (Å²) in [7, 11) is -0.498. The number of carbonyl (C=O) groups excluding carboxylic acids is 1. The van der Waals surface area contributed by atoms with Crippen LogP contribution in [0.25, 0.3) is 0 Å². The van der Waals surface area contributed by atoms with Crippen LogP contribution in [0, 0.1) is 0 Å². The van der Waals surface area contributed by atoms with Crippen LogP contribution in [0.3, 0.4) is 0 Å². The minimum absolute atomic E-state index is 0.177. The molecule has 0 radical (unpaired) electrons. The van der Waals surface area contributed by atoms with Crippen LogP contribution in [0.2, 0.25) is 0 Å². The maximum absolute atomic E-state index is 12.3. The lowest BCUT2D eigenvalue weighted by molar-refractivity contribution is -0.0351. The van der Waals surface area contributed by atoms with Gasteiger partial charge in [-0.2, -0.15) is 17.0 Å². The van der Waals surface area contributed by atoms with Gasteiger partial charge in [-0.05, 0) is 18.9 Å². The molecule has 1 fully saturated rings. The number of rotatable bonds is 2.